The summed E-state index contributed by atoms with van der Waals surface area (Å²) in [5.41, 5.74) is 1.38. The summed E-state index contributed by atoms with van der Waals surface area (Å²) in [7, 11) is -3.95. The van der Waals surface area contributed by atoms with Gasteiger partial charge in [0, 0.05) is 16.3 Å². The molecule has 0 fully saturated rings. The van der Waals surface area contributed by atoms with Crippen LogP contribution >= 0.6 is 23.2 Å². The van der Waals surface area contributed by atoms with Gasteiger partial charge in [0.05, 0.1) is 11.1 Å². The molecule has 0 aromatic heterocycles. The molecule has 3 rings (SSSR count). The van der Waals surface area contributed by atoms with Gasteiger partial charge in [-0.15, -0.1) is 0 Å². The lowest BCUT2D eigenvalue weighted by molar-refractivity contribution is 0.0940. The van der Waals surface area contributed by atoms with Crippen molar-refractivity contribution in [2.45, 2.75) is 17.9 Å². The third-order valence-corrected chi connectivity index (χ3v) is 6.40. The fraction of sp³-hybridized carbons (Fsp3) is 0.0952. The first kappa shape index (κ1) is 22.0. The number of amides is 1. The molecule has 9 heteroatoms. The van der Waals surface area contributed by atoms with Crippen LogP contribution in [0.15, 0.2) is 71.6 Å². The maximum atomic E-state index is 12.6. The molecule has 0 radical (unpaired) electrons. The smallest absolute Gasteiger partial charge is 0.263 e. The average Bonchev–Trinajstić information content (AvgIpc) is 2.70. The Balaban J connectivity index is 1.71. The Morgan fingerprint density at radius 1 is 1.00 bits per heavy atom. The minimum Gasteiger partial charge on any atom is -0.508 e. The monoisotopic (exact) mass is 464 g/mol. The number of phenols is 1. The van der Waals surface area contributed by atoms with E-state index in [0.29, 0.717) is 5.56 Å². The van der Waals surface area contributed by atoms with Crippen LogP contribution in [-0.4, -0.2) is 19.4 Å². The molecule has 1 amide bonds. The Morgan fingerprint density at radius 2 is 1.70 bits per heavy atom. The zero-order valence-corrected chi connectivity index (χ0v) is 18.1. The minimum atomic E-state index is -3.95. The maximum Gasteiger partial charge on any atom is 0.263 e. The van der Waals surface area contributed by atoms with Gasteiger partial charge in [-0.2, -0.15) is 0 Å². The highest BCUT2D eigenvalue weighted by Crippen LogP contribution is 2.27. The van der Waals surface area contributed by atoms with Gasteiger partial charge in [-0.25, -0.2) is 8.42 Å². The topological polar surface area (TPSA) is 95.5 Å². The standard InChI is InChI=1S/C21H18Cl2N2O4S/c1-13(15-3-2-4-18(26)11-15)24-21(27)14-5-8-17(9-6-14)25-30(28,29)20-12-16(22)7-10-19(20)23/h2-13,25-26H,1H3,(H,24,27). The largest absolute Gasteiger partial charge is 0.508 e. The van der Waals surface area contributed by atoms with Crippen molar-refractivity contribution < 1.29 is 18.3 Å². The second-order valence-corrected chi connectivity index (χ2v) is 9.04. The van der Waals surface area contributed by atoms with E-state index in [2.05, 4.69) is 10.0 Å². The zero-order chi connectivity index (χ0) is 21.9. The molecular weight excluding hydrogens is 447 g/mol. The summed E-state index contributed by atoms with van der Waals surface area (Å²) >= 11 is 11.8. The van der Waals surface area contributed by atoms with E-state index >= 15 is 0 Å². The number of carbonyl (C=O) groups is 1. The van der Waals surface area contributed by atoms with Crippen molar-refractivity contribution in [1.82, 2.24) is 5.32 Å². The van der Waals surface area contributed by atoms with E-state index in [4.69, 9.17) is 23.2 Å². The lowest BCUT2D eigenvalue weighted by Crippen LogP contribution is -2.26. The maximum absolute atomic E-state index is 12.6. The molecule has 6 nitrogen and oxygen atoms in total. The Bertz CT molecular complexity index is 1180. The molecule has 0 saturated carbocycles. The van der Waals surface area contributed by atoms with Crippen LogP contribution in [0.3, 0.4) is 0 Å². The first-order chi connectivity index (χ1) is 14.2. The highest BCUT2D eigenvalue weighted by atomic mass is 35.5. The summed E-state index contributed by atoms with van der Waals surface area (Å²) in [5.74, 6) is -0.219. The van der Waals surface area contributed by atoms with Crippen LogP contribution in [0.5, 0.6) is 5.75 Å². The molecule has 3 N–H and O–H groups in total. The normalized spacial score (nSPS) is 12.2. The highest BCUT2D eigenvalue weighted by molar-refractivity contribution is 7.92. The summed E-state index contributed by atoms with van der Waals surface area (Å²) in [6.45, 7) is 1.80. The summed E-state index contributed by atoms with van der Waals surface area (Å²) in [4.78, 5) is 12.3. The van der Waals surface area contributed by atoms with Crippen molar-refractivity contribution in [3.63, 3.8) is 0 Å². The molecule has 1 atom stereocenters. The van der Waals surface area contributed by atoms with Crippen LogP contribution in [0.4, 0.5) is 5.69 Å². The Hall–Kier alpha value is -2.74. The van der Waals surface area contributed by atoms with Crippen LogP contribution in [-0.2, 0) is 10.0 Å². The quantitative estimate of drug-likeness (QED) is 0.478. The number of nitrogens with one attached hydrogen (secondary N) is 2. The van der Waals surface area contributed by atoms with Crippen molar-refractivity contribution in [3.8, 4) is 5.75 Å². The van der Waals surface area contributed by atoms with Gasteiger partial charge in [-0.1, -0.05) is 35.3 Å². The number of benzene rings is 3. The van der Waals surface area contributed by atoms with Gasteiger partial charge in [-0.05, 0) is 67.1 Å². The highest BCUT2D eigenvalue weighted by Gasteiger charge is 2.19. The molecule has 0 spiro atoms. The number of sulfonamides is 1. The van der Waals surface area contributed by atoms with Crippen LogP contribution < -0.4 is 10.0 Å². The lowest BCUT2D eigenvalue weighted by atomic mass is 10.1. The van der Waals surface area contributed by atoms with Crippen molar-refractivity contribution >= 4 is 44.8 Å². The predicted molar refractivity (Wildman–Crippen MR) is 118 cm³/mol. The average molecular weight is 465 g/mol. The summed E-state index contributed by atoms with van der Waals surface area (Å²) in [6.07, 6.45) is 0. The van der Waals surface area contributed by atoms with Gasteiger partial charge in [0.1, 0.15) is 10.6 Å². The number of hydrogen-bond acceptors (Lipinski definition) is 4. The molecule has 30 heavy (non-hydrogen) atoms. The Kier molecular flexibility index (Phi) is 6.55. The predicted octanol–water partition coefficient (Wildman–Crippen LogP) is 4.99. The molecule has 3 aromatic carbocycles. The van der Waals surface area contributed by atoms with E-state index < -0.39 is 10.0 Å². The number of hydrogen-bond donors (Lipinski definition) is 3. The SMILES string of the molecule is CC(NC(=O)c1ccc(NS(=O)(=O)c2cc(Cl)ccc2Cl)cc1)c1cccc(O)c1. The number of phenolic OH excluding ortho intramolecular Hbond substituents is 1. The molecule has 3 aromatic rings. The minimum absolute atomic E-state index is 0.0452. The van der Waals surface area contributed by atoms with Gasteiger partial charge in [0.25, 0.3) is 15.9 Å². The van der Waals surface area contributed by atoms with Crippen LogP contribution in [0.25, 0.3) is 0 Å². The molecule has 0 bridgehead atoms. The van der Waals surface area contributed by atoms with Crippen LogP contribution in [0.2, 0.25) is 10.0 Å². The number of halogens is 2. The summed E-state index contributed by atoms with van der Waals surface area (Å²) < 4.78 is 27.6. The molecule has 0 aliphatic heterocycles. The Morgan fingerprint density at radius 3 is 2.37 bits per heavy atom. The van der Waals surface area contributed by atoms with Crippen LogP contribution in [0.1, 0.15) is 28.9 Å². The van der Waals surface area contributed by atoms with Crippen LogP contribution in [0, 0.1) is 0 Å². The second-order valence-electron chi connectivity index (χ2n) is 6.55. The van der Waals surface area contributed by atoms with Crippen molar-refractivity contribution in [2.24, 2.45) is 0 Å². The van der Waals surface area contributed by atoms with E-state index in [0.717, 1.165) is 5.56 Å². The van der Waals surface area contributed by atoms with E-state index in [-0.39, 0.29) is 38.3 Å². The lowest BCUT2D eigenvalue weighted by Gasteiger charge is -2.15. The van der Waals surface area contributed by atoms with Gasteiger partial charge < -0.3 is 10.4 Å². The Labute approximate surface area is 184 Å². The third kappa shape index (κ3) is 5.24. The number of aromatic hydroxyl groups is 1. The molecule has 1 unspecified atom stereocenters. The second kappa shape index (κ2) is 8.95. The molecule has 0 aliphatic rings. The summed E-state index contributed by atoms with van der Waals surface area (Å²) in [6, 6.07) is 16.4. The van der Waals surface area contributed by atoms with Gasteiger partial charge in [-0.3, -0.25) is 9.52 Å². The number of anilines is 1. The first-order valence-corrected chi connectivity index (χ1v) is 11.1. The number of carbonyl (C=O) groups excluding carboxylic acids is 1. The van der Waals surface area contributed by atoms with E-state index in [1.165, 1.54) is 42.5 Å². The third-order valence-electron chi connectivity index (χ3n) is 4.30. The van der Waals surface area contributed by atoms with Gasteiger partial charge >= 0.3 is 0 Å². The van der Waals surface area contributed by atoms with Crippen molar-refractivity contribution in [3.05, 3.63) is 87.9 Å². The number of rotatable bonds is 6. The first-order valence-electron chi connectivity index (χ1n) is 8.83. The van der Waals surface area contributed by atoms with Crippen molar-refractivity contribution in [1.29, 1.82) is 0 Å². The molecule has 0 heterocycles. The molecule has 156 valence electrons. The van der Waals surface area contributed by atoms with Gasteiger partial charge in [0.15, 0.2) is 0 Å². The van der Waals surface area contributed by atoms with E-state index in [9.17, 15) is 18.3 Å². The summed E-state index contributed by atoms with van der Waals surface area (Å²) in [5, 5.41) is 12.7. The fourth-order valence-electron chi connectivity index (χ4n) is 2.74. The molecule has 0 saturated heterocycles. The molecular formula is C21H18Cl2N2O4S. The van der Waals surface area contributed by atoms with Crippen molar-refractivity contribution in [2.75, 3.05) is 4.72 Å². The fourth-order valence-corrected chi connectivity index (χ4v) is 4.56. The van der Waals surface area contributed by atoms with E-state index in [1.807, 2.05) is 0 Å². The zero-order valence-electron chi connectivity index (χ0n) is 15.8. The van der Waals surface area contributed by atoms with E-state index in [1.54, 1.807) is 31.2 Å². The van der Waals surface area contributed by atoms with Gasteiger partial charge in [0.2, 0.25) is 0 Å². The molecule has 0 aliphatic carbocycles.